The van der Waals surface area contributed by atoms with E-state index in [2.05, 4.69) is 4.72 Å². The van der Waals surface area contributed by atoms with E-state index in [9.17, 15) is 8.42 Å². The van der Waals surface area contributed by atoms with Gasteiger partial charge in [0.2, 0.25) is 10.0 Å². The van der Waals surface area contributed by atoms with Crippen LogP contribution in [0.15, 0.2) is 24.3 Å². The number of nitrogen functional groups attached to an aromatic ring is 1. The molecule has 21 heavy (non-hydrogen) atoms. The van der Waals surface area contributed by atoms with E-state index in [0.717, 1.165) is 18.8 Å². The van der Waals surface area contributed by atoms with Gasteiger partial charge in [-0.05, 0) is 49.1 Å². The predicted octanol–water partition coefficient (Wildman–Crippen LogP) is 1.76. The zero-order valence-corrected chi connectivity index (χ0v) is 12.9. The summed E-state index contributed by atoms with van der Waals surface area (Å²) < 4.78 is 32.2. The summed E-state index contributed by atoms with van der Waals surface area (Å²) in [4.78, 5) is 0. The van der Waals surface area contributed by atoms with Gasteiger partial charge in [-0.3, -0.25) is 0 Å². The highest BCUT2D eigenvalue weighted by Gasteiger charge is 2.53. The Hall–Kier alpha value is -1.27. The Morgan fingerprint density at radius 3 is 2.62 bits per heavy atom. The maximum absolute atomic E-state index is 12.0. The summed E-state index contributed by atoms with van der Waals surface area (Å²) in [5.74, 6) is 1.24. The fraction of sp³-hybridized carbons (Fsp3) is 0.600. The van der Waals surface area contributed by atoms with Gasteiger partial charge in [-0.25, -0.2) is 13.1 Å². The van der Waals surface area contributed by atoms with Crippen molar-refractivity contribution in [2.24, 2.45) is 11.3 Å². The topological polar surface area (TPSA) is 81.4 Å². The lowest BCUT2D eigenvalue weighted by atomic mass is 10.0. The zero-order valence-electron chi connectivity index (χ0n) is 12.0. The molecule has 0 saturated heterocycles. The van der Waals surface area contributed by atoms with Gasteiger partial charge < -0.3 is 10.5 Å². The molecule has 0 unspecified atom stereocenters. The molecule has 0 aromatic heterocycles. The SMILES string of the molecule is Nc1ccccc1OCCS(=O)(=O)NCC1(C2CC2)CC1. The number of benzene rings is 1. The third kappa shape index (κ3) is 3.68. The van der Waals surface area contributed by atoms with Gasteiger partial charge in [0, 0.05) is 6.54 Å². The van der Waals surface area contributed by atoms with Crippen molar-refractivity contribution in [1.29, 1.82) is 0 Å². The average Bonchev–Trinajstić information content (AvgIpc) is 3.31. The van der Waals surface area contributed by atoms with Crippen LogP contribution in [0.1, 0.15) is 25.7 Å². The second-order valence-corrected chi connectivity index (χ2v) is 8.09. The smallest absolute Gasteiger partial charge is 0.214 e. The molecule has 2 saturated carbocycles. The number of nitrogens with two attached hydrogens (primary N) is 1. The molecule has 1 aromatic carbocycles. The molecule has 6 heteroatoms. The largest absolute Gasteiger partial charge is 0.490 e. The monoisotopic (exact) mass is 310 g/mol. The molecule has 0 heterocycles. The van der Waals surface area contributed by atoms with E-state index in [1.165, 1.54) is 12.8 Å². The van der Waals surface area contributed by atoms with Crippen LogP contribution in [0.2, 0.25) is 0 Å². The first-order valence-electron chi connectivity index (χ1n) is 7.45. The Balaban J connectivity index is 1.44. The number of para-hydroxylation sites is 2. The number of rotatable bonds is 8. The number of hydrogen-bond donors (Lipinski definition) is 2. The Bertz CT molecular complexity index is 607. The molecule has 1 aromatic rings. The van der Waals surface area contributed by atoms with Gasteiger partial charge in [0.25, 0.3) is 0 Å². The molecule has 2 fully saturated rings. The van der Waals surface area contributed by atoms with Gasteiger partial charge in [0.05, 0.1) is 11.4 Å². The van der Waals surface area contributed by atoms with Crippen LogP contribution in [0.5, 0.6) is 5.75 Å². The van der Waals surface area contributed by atoms with Crippen LogP contribution in [-0.4, -0.2) is 27.3 Å². The number of ether oxygens (including phenoxy) is 1. The van der Waals surface area contributed by atoms with Crippen LogP contribution in [0.4, 0.5) is 5.69 Å². The lowest BCUT2D eigenvalue weighted by Gasteiger charge is -2.15. The molecule has 0 radical (unpaired) electrons. The Labute approximate surface area is 125 Å². The van der Waals surface area contributed by atoms with Crippen molar-refractivity contribution in [2.75, 3.05) is 24.6 Å². The van der Waals surface area contributed by atoms with Gasteiger partial charge in [-0.2, -0.15) is 0 Å². The van der Waals surface area contributed by atoms with Crippen LogP contribution < -0.4 is 15.2 Å². The second-order valence-electron chi connectivity index (χ2n) is 6.16. The summed E-state index contributed by atoms with van der Waals surface area (Å²) in [6.45, 7) is 0.702. The third-order valence-electron chi connectivity index (χ3n) is 4.51. The minimum atomic E-state index is -3.28. The van der Waals surface area contributed by atoms with E-state index in [1.807, 2.05) is 12.1 Å². The van der Waals surface area contributed by atoms with Crippen molar-refractivity contribution in [3.8, 4) is 5.75 Å². The minimum absolute atomic E-state index is 0.0396. The standard InChI is InChI=1S/C15H22N2O3S/c16-13-3-1-2-4-14(13)20-9-10-21(18,19)17-11-15(7-8-15)12-5-6-12/h1-4,12,17H,5-11,16H2. The Morgan fingerprint density at radius 2 is 2.00 bits per heavy atom. The van der Waals surface area contributed by atoms with Gasteiger partial charge in [-0.15, -0.1) is 0 Å². The number of hydrogen-bond acceptors (Lipinski definition) is 4. The van der Waals surface area contributed by atoms with E-state index in [0.29, 0.717) is 18.0 Å². The molecular formula is C15H22N2O3S. The maximum Gasteiger partial charge on any atom is 0.214 e. The molecule has 2 aliphatic carbocycles. The first-order chi connectivity index (χ1) is 10.0. The molecule has 3 rings (SSSR count). The molecule has 0 bridgehead atoms. The van der Waals surface area contributed by atoms with Gasteiger partial charge in [-0.1, -0.05) is 12.1 Å². The van der Waals surface area contributed by atoms with E-state index < -0.39 is 10.0 Å². The number of sulfonamides is 1. The van der Waals surface area contributed by atoms with Crippen molar-refractivity contribution in [1.82, 2.24) is 4.72 Å². The molecule has 116 valence electrons. The van der Waals surface area contributed by atoms with Gasteiger partial charge >= 0.3 is 0 Å². The van der Waals surface area contributed by atoms with Crippen LogP contribution in [0, 0.1) is 11.3 Å². The molecule has 0 atom stereocenters. The molecule has 5 nitrogen and oxygen atoms in total. The molecule has 2 aliphatic rings. The molecule has 3 N–H and O–H groups in total. The van der Waals surface area contributed by atoms with E-state index in [4.69, 9.17) is 10.5 Å². The fourth-order valence-electron chi connectivity index (χ4n) is 2.78. The number of anilines is 1. The summed E-state index contributed by atoms with van der Waals surface area (Å²) in [6, 6.07) is 7.09. The lowest BCUT2D eigenvalue weighted by Crippen LogP contribution is -2.34. The highest BCUT2D eigenvalue weighted by molar-refractivity contribution is 7.89. The van der Waals surface area contributed by atoms with Crippen molar-refractivity contribution in [3.63, 3.8) is 0 Å². The summed E-state index contributed by atoms with van der Waals surface area (Å²) in [5.41, 5.74) is 6.54. The molecular weight excluding hydrogens is 288 g/mol. The summed E-state index contributed by atoms with van der Waals surface area (Å²) >= 11 is 0. The van der Waals surface area contributed by atoms with Gasteiger partial charge in [0.15, 0.2) is 0 Å². The first kappa shape index (κ1) is 14.7. The van der Waals surface area contributed by atoms with Crippen molar-refractivity contribution in [2.45, 2.75) is 25.7 Å². The average molecular weight is 310 g/mol. The van der Waals surface area contributed by atoms with Crippen molar-refractivity contribution in [3.05, 3.63) is 24.3 Å². The highest BCUT2D eigenvalue weighted by atomic mass is 32.2. The third-order valence-corrected chi connectivity index (χ3v) is 5.80. The molecule has 0 amide bonds. The Morgan fingerprint density at radius 1 is 1.29 bits per heavy atom. The van der Waals surface area contributed by atoms with Crippen molar-refractivity contribution < 1.29 is 13.2 Å². The van der Waals surface area contributed by atoms with E-state index in [1.54, 1.807) is 12.1 Å². The normalized spacial score (nSPS) is 20.2. The second kappa shape index (κ2) is 5.50. The summed E-state index contributed by atoms with van der Waals surface area (Å²) in [7, 11) is -3.28. The Kier molecular flexibility index (Phi) is 3.84. The predicted molar refractivity (Wildman–Crippen MR) is 82.5 cm³/mol. The lowest BCUT2D eigenvalue weighted by molar-refractivity contribution is 0.341. The van der Waals surface area contributed by atoms with E-state index in [-0.39, 0.29) is 17.8 Å². The van der Waals surface area contributed by atoms with E-state index >= 15 is 0 Å². The maximum atomic E-state index is 12.0. The highest BCUT2D eigenvalue weighted by Crippen LogP contribution is 2.60. The van der Waals surface area contributed by atoms with Crippen molar-refractivity contribution >= 4 is 15.7 Å². The summed E-state index contributed by atoms with van der Waals surface area (Å²) in [5, 5.41) is 0. The quantitative estimate of drug-likeness (QED) is 0.717. The molecule has 0 spiro atoms. The number of nitrogens with one attached hydrogen (secondary N) is 1. The first-order valence-corrected chi connectivity index (χ1v) is 9.11. The molecule has 0 aliphatic heterocycles. The van der Waals surface area contributed by atoms with Crippen LogP contribution in [0.25, 0.3) is 0 Å². The van der Waals surface area contributed by atoms with Crippen LogP contribution >= 0.6 is 0 Å². The van der Waals surface area contributed by atoms with Gasteiger partial charge in [0.1, 0.15) is 12.4 Å². The fourth-order valence-corrected chi connectivity index (χ4v) is 3.74. The van der Waals surface area contributed by atoms with Crippen LogP contribution in [0.3, 0.4) is 0 Å². The minimum Gasteiger partial charge on any atom is -0.490 e. The summed E-state index contributed by atoms with van der Waals surface area (Å²) in [6.07, 6.45) is 4.85. The van der Waals surface area contributed by atoms with Crippen LogP contribution in [-0.2, 0) is 10.0 Å². The zero-order chi connectivity index (χ0) is 14.9.